The predicted octanol–water partition coefficient (Wildman–Crippen LogP) is 2.77. The van der Waals surface area contributed by atoms with Gasteiger partial charge in [-0.1, -0.05) is 0 Å². The fraction of sp³-hybridized carbons (Fsp3) is 0.214. The van der Waals surface area contributed by atoms with Gasteiger partial charge in [-0.15, -0.1) is 0 Å². The molecule has 20 heavy (non-hydrogen) atoms. The lowest BCUT2D eigenvalue weighted by Gasteiger charge is -2.00. The van der Waals surface area contributed by atoms with Crippen LogP contribution in [0.2, 0.25) is 0 Å². The summed E-state index contributed by atoms with van der Waals surface area (Å²) >= 11 is 0. The third-order valence-electron chi connectivity index (χ3n) is 2.99. The summed E-state index contributed by atoms with van der Waals surface area (Å²) in [5.41, 5.74) is 0.940. The van der Waals surface area contributed by atoms with E-state index in [1.807, 2.05) is 12.1 Å². The van der Waals surface area contributed by atoms with Crippen LogP contribution in [0.5, 0.6) is 0 Å². The van der Waals surface area contributed by atoms with Gasteiger partial charge >= 0.3 is 0 Å². The molecule has 0 radical (unpaired) electrons. The molecule has 0 amide bonds. The molecule has 0 aliphatic rings. The Kier molecular flexibility index (Phi) is 3.47. The molecule has 0 fully saturated rings. The maximum Gasteiger partial charge on any atom is 0.161 e. The molecule has 1 aromatic carbocycles. The summed E-state index contributed by atoms with van der Waals surface area (Å²) in [5, 5.41) is 3.20. The molecule has 0 aliphatic carbocycles. The van der Waals surface area contributed by atoms with Crippen molar-refractivity contribution in [3.63, 3.8) is 0 Å². The van der Waals surface area contributed by atoms with E-state index in [9.17, 15) is 8.78 Å². The molecule has 0 bridgehead atoms. The summed E-state index contributed by atoms with van der Waals surface area (Å²) < 4.78 is 31.3. The quantitative estimate of drug-likeness (QED) is 0.705. The molecule has 0 saturated carbocycles. The number of hydrogen-bond donors (Lipinski definition) is 2. The number of nitrogens with one attached hydrogen (secondary N) is 2. The average Bonchev–Trinajstić information content (AvgIpc) is 3.05. The van der Waals surface area contributed by atoms with Crippen molar-refractivity contribution < 1.29 is 13.2 Å². The Labute approximate surface area is 113 Å². The van der Waals surface area contributed by atoms with Crippen molar-refractivity contribution in [1.29, 1.82) is 0 Å². The molecule has 3 rings (SSSR count). The number of aromatic amines is 1. The van der Waals surface area contributed by atoms with Gasteiger partial charge in [0.2, 0.25) is 0 Å². The molecule has 3 aromatic rings. The Morgan fingerprint density at radius 3 is 2.90 bits per heavy atom. The first-order valence-electron chi connectivity index (χ1n) is 6.29. The van der Waals surface area contributed by atoms with Gasteiger partial charge in [0.25, 0.3) is 0 Å². The van der Waals surface area contributed by atoms with Gasteiger partial charge in [-0.25, -0.2) is 13.8 Å². The van der Waals surface area contributed by atoms with Crippen LogP contribution in [0.4, 0.5) is 8.78 Å². The number of fused-ring (bicyclic) bond motifs is 1. The smallest absolute Gasteiger partial charge is 0.161 e. The van der Waals surface area contributed by atoms with Crippen LogP contribution >= 0.6 is 0 Å². The normalized spacial score (nSPS) is 11.3. The molecule has 0 spiro atoms. The summed E-state index contributed by atoms with van der Waals surface area (Å²) in [5.74, 6) is -0.203. The molecule has 0 atom stereocenters. The number of rotatable bonds is 5. The second kappa shape index (κ2) is 5.42. The molecule has 0 unspecified atom stereocenters. The number of benzene rings is 1. The van der Waals surface area contributed by atoms with Gasteiger partial charge in [-0.05, 0) is 12.1 Å². The first kappa shape index (κ1) is 12.8. The summed E-state index contributed by atoms with van der Waals surface area (Å²) in [4.78, 5) is 7.20. The van der Waals surface area contributed by atoms with Crippen LogP contribution < -0.4 is 5.32 Å². The summed E-state index contributed by atoms with van der Waals surface area (Å²) in [6.07, 6.45) is 2.26. The predicted molar refractivity (Wildman–Crippen MR) is 70.1 cm³/mol. The molecular weight excluding hydrogens is 264 g/mol. The topological polar surface area (TPSA) is 53.9 Å². The highest BCUT2D eigenvalue weighted by Gasteiger charge is 2.08. The minimum Gasteiger partial charge on any atom is -0.468 e. The van der Waals surface area contributed by atoms with Gasteiger partial charge in [-0.2, -0.15) is 0 Å². The molecule has 0 aliphatic heterocycles. The van der Waals surface area contributed by atoms with E-state index in [4.69, 9.17) is 4.42 Å². The molecule has 2 N–H and O–H groups in total. The van der Waals surface area contributed by atoms with Gasteiger partial charge in [0.1, 0.15) is 11.6 Å². The Hall–Kier alpha value is -2.21. The van der Waals surface area contributed by atoms with Gasteiger partial charge < -0.3 is 14.7 Å². The summed E-state index contributed by atoms with van der Waals surface area (Å²) in [7, 11) is 0. The Balaban J connectivity index is 1.60. The van der Waals surface area contributed by atoms with Crippen molar-refractivity contribution in [2.45, 2.75) is 13.0 Å². The molecule has 2 aromatic heterocycles. The number of imidazole rings is 1. The Bertz CT molecular complexity index is 668. The fourth-order valence-corrected chi connectivity index (χ4v) is 2.01. The number of aromatic nitrogens is 2. The fourth-order valence-electron chi connectivity index (χ4n) is 2.01. The number of halogens is 2. The average molecular weight is 277 g/mol. The van der Waals surface area contributed by atoms with E-state index in [0.717, 1.165) is 17.9 Å². The lowest BCUT2D eigenvalue weighted by molar-refractivity contribution is 0.483. The minimum absolute atomic E-state index is 0.435. The maximum atomic E-state index is 13.1. The van der Waals surface area contributed by atoms with E-state index >= 15 is 0 Å². The molecule has 0 saturated heterocycles. The highest BCUT2D eigenvalue weighted by atomic mass is 19.2. The van der Waals surface area contributed by atoms with E-state index < -0.39 is 11.6 Å². The van der Waals surface area contributed by atoms with Crippen molar-refractivity contribution in [3.8, 4) is 0 Å². The zero-order valence-electron chi connectivity index (χ0n) is 10.6. The van der Waals surface area contributed by atoms with Gasteiger partial charge in [-0.3, -0.25) is 0 Å². The molecule has 2 heterocycles. The number of nitrogens with zero attached hydrogens (tertiary/aromatic N) is 1. The largest absolute Gasteiger partial charge is 0.468 e. The van der Waals surface area contributed by atoms with E-state index in [2.05, 4.69) is 15.3 Å². The molecule has 4 nitrogen and oxygen atoms in total. The third kappa shape index (κ3) is 2.70. The van der Waals surface area contributed by atoms with Crippen LogP contribution in [-0.4, -0.2) is 16.5 Å². The van der Waals surface area contributed by atoms with Gasteiger partial charge in [0.15, 0.2) is 11.6 Å². The van der Waals surface area contributed by atoms with Crippen molar-refractivity contribution in [2.24, 2.45) is 0 Å². The van der Waals surface area contributed by atoms with Crippen LogP contribution in [0, 0.1) is 11.6 Å². The zero-order chi connectivity index (χ0) is 13.9. The van der Waals surface area contributed by atoms with Crippen LogP contribution in [0.15, 0.2) is 34.9 Å². The van der Waals surface area contributed by atoms with Crippen molar-refractivity contribution in [1.82, 2.24) is 15.3 Å². The second-order valence-corrected chi connectivity index (χ2v) is 4.47. The Morgan fingerprint density at radius 1 is 1.25 bits per heavy atom. The highest BCUT2D eigenvalue weighted by Crippen LogP contribution is 2.16. The molecule has 104 valence electrons. The lowest BCUT2D eigenvalue weighted by atomic mass is 10.3. The van der Waals surface area contributed by atoms with Crippen molar-refractivity contribution in [3.05, 3.63) is 53.7 Å². The minimum atomic E-state index is -0.883. The van der Waals surface area contributed by atoms with E-state index in [0.29, 0.717) is 36.4 Å². The third-order valence-corrected chi connectivity index (χ3v) is 2.99. The van der Waals surface area contributed by atoms with E-state index in [1.165, 1.54) is 0 Å². The number of H-pyrrole nitrogens is 1. The summed E-state index contributed by atoms with van der Waals surface area (Å²) in [6, 6.07) is 5.94. The number of furan rings is 1. The number of hydrogen-bond acceptors (Lipinski definition) is 3. The van der Waals surface area contributed by atoms with Crippen molar-refractivity contribution >= 4 is 11.0 Å². The van der Waals surface area contributed by atoms with Gasteiger partial charge in [0.05, 0.1) is 23.8 Å². The Morgan fingerprint density at radius 2 is 2.10 bits per heavy atom. The standard InChI is InChI=1S/C14H13F2N3O/c15-10-6-12-13(7-11(10)16)19-14(18-12)3-4-17-8-9-2-1-5-20-9/h1-2,5-7,17H,3-4,8H2,(H,18,19). The summed E-state index contributed by atoms with van der Waals surface area (Å²) in [6.45, 7) is 1.32. The van der Waals surface area contributed by atoms with E-state index in [1.54, 1.807) is 6.26 Å². The van der Waals surface area contributed by atoms with E-state index in [-0.39, 0.29) is 0 Å². The SMILES string of the molecule is Fc1cc2nc(CCNCc3ccco3)[nH]c2cc1F. The first-order valence-corrected chi connectivity index (χ1v) is 6.29. The highest BCUT2D eigenvalue weighted by molar-refractivity contribution is 5.75. The maximum absolute atomic E-state index is 13.1. The van der Waals surface area contributed by atoms with Crippen LogP contribution in [0.25, 0.3) is 11.0 Å². The van der Waals surface area contributed by atoms with Crippen LogP contribution in [0.3, 0.4) is 0 Å². The second-order valence-electron chi connectivity index (χ2n) is 4.47. The first-order chi connectivity index (χ1) is 9.72. The van der Waals surface area contributed by atoms with Gasteiger partial charge in [0, 0.05) is 25.1 Å². The molecule has 6 heteroatoms. The van der Waals surface area contributed by atoms with Crippen molar-refractivity contribution in [2.75, 3.05) is 6.54 Å². The molecular formula is C14H13F2N3O. The zero-order valence-corrected chi connectivity index (χ0v) is 10.6. The lowest BCUT2D eigenvalue weighted by Crippen LogP contribution is -2.16. The van der Waals surface area contributed by atoms with Crippen LogP contribution in [-0.2, 0) is 13.0 Å². The monoisotopic (exact) mass is 277 g/mol. The van der Waals surface area contributed by atoms with Crippen LogP contribution in [0.1, 0.15) is 11.6 Å².